The van der Waals surface area contributed by atoms with Gasteiger partial charge in [0.25, 0.3) is 0 Å². The van der Waals surface area contributed by atoms with Crippen LogP contribution in [0.3, 0.4) is 0 Å². The second-order valence-corrected chi connectivity index (χ2v) is 7.48. The van der Waals surface area contributed by atoms with Crippen molar-refractivity contribution in [3.05, 3.63) is 24.2 Å². The summed E-state index contributed by atoms with van der Waals surface area (Å²) in [4.78, 5) is 25.3. The number of carbonyl (C=O) groups excluding carboxylic acids is 1. The lowest BCUT2D eigenvalue weighted by Gasteiger charge is -2.35. The summed E-state index contributed by atoms with van der Waals surface area (Å²) in [6, 6.07) is 3.94. The zero-order valence-electron chi connectivity index (χ0n) is 16.0. The molecule has 2 aromatic heterocycles. The number of piperazine rings is 1. The Morgan fingerprint density at radius 3 is 2.42 bits per heavy atom. The first-order chi connectivity index (χ1) is 12.4. The van der Waals surface area contributed by atoms with E-state index in [0.717, 1.165) is 37.6 Å². The SMILES string of the molecule is CC(C)CC(=O)N1CCN(c2ccc(-c3noc(C(C)C)n3)cn2)CC1. The molecule has 3 heterocycles. The van der Waals surface area contributed by atoms with Crippen LogP contribution in [0.1, 0.15) is 45.9 Å². The molecule has 0 bridgehead atoms. The van der Waals surface area contributed by atoms with Gasteiger partial charge in [0.05, 0.1) is 0 Å². The van der Waals surface area contributed by atoms with Gasteiger partial charge >= 0.3 is 0 Å². The van der Waals surface area contributed by atoms with E-state index in [1.165, 1.54) is 0 Å². The number of anilines is 1. The Hall–Kier alpha value is -2.44. The predicted molar refractivity (Wildman–Crippen MR) is 99.9 cm³/mol. The maximum absolute atomic E-state index is 12.2. The first kappa shape index (κ1) is 18.4. The van der Waals surface area contributed by atoms with Gasteiger partial charge in [0.1, 0.15) is 5.82 Å². The Labute approximate surface area is 154 Å². The lowest BCUT2D eigenvalue weighted by atomic mass is 10.1. The maximum atomic E-state index is 12.2. The third-order valence-corrected chi connectivity index (χ3v) is 4.48. The molecule has 3 rings (SSSR count). The van der Waals surface area contributed by atoms with Gasteiger partial charge in [-0.05, 0) is 18.1 Å². The van der Waals surface area contributed by atoms with Crippen LogP contribution in [0.5, 0.6) is 0 Å². The predicted octanol–water partition coefficient (Wildman–Crippen LogP) is 2.95. The number of pyridine rings is 1. The molecule has 1 fully saturated rings. The van der Waals surface area contributed by atoms with Gasteiger partial charge in [-0.1, -0.05) is 32.9 Å². The van der Waals surface area contributed by atoms with E-state index in [-0.39, 0.29) is 11.8 Å². The molecule has 0 unspecified atom stereocenters. The highest BCUT2D eigenvalue weighted by Gasteiger charge is 2.22. The molecule has 1 saturated heterocycles. The van der Waals surface area contributed by atoms with E-state index in [1.807, 2.05) is 30.9 Å². The van der Waals surface area contributed by atoms with Crippen molar-refractivity contribution in [1.82, 2.24) is 20.0 Å². The number of aromatic nitrogens is 3. The van der Waals surface area contributed by atoms with Crippen molar-refractivity contribution in [2.45, 2.75) is 40.0 Å². The third kappa shape index (κ3) is 4.20. The van der Waals surface area contributed by atoms with Gasteiger partial charge in [-0.15, -0.1) is 0 Å². The number of nitrogens with zero attached hydrogens (tertiary/aromatic N) is 5. The monoisotopic (exact) mass is 357 g/mol. The lowest BCUT2D eigenvalue weighted by molar-refractivity contribution is -0.132. The minimum atomic E-state index is 0.207. The topological polar surface area (TPSA) is 75.4 Å². The van der Waals surface area contributed by atoms with Crippen LogP contribution in [0.25, 0.3) is 11.4 Å². The minimum absolute atomic E-state index is 0.207. The largest absolute Gasteiger partial charge is 0.353 e. The lowest BCUT2D eigenvalue weighted by Crippen LogP contribution is -2.49. The van der Waals surface area contributed by atoms with Gasteiger partial charge in [-0.25, -0.2) is 4.98 Å². The zero-order valence-corrected chi connectivity index (χ0v) is 16.0. The van der Waals surface area contributed by atoms with E-state index < -0.39 is 0 Å². The maximum Gasteiger partial charge on any atom is 0.229 e. The number of hydrogen-bond acceptors (Lipinski definition) is 6. The average molecular weight is 357 g/mol. The van der Waals surface area contributed by atoms with Crippen molar-refractivity contribution in [3.63, 3.8) is 0 Å². The second-order valence-electron chi connectivity index (χ2n) is 7.48. The summed E-state index contributed by atoms with van der Waals surface area (Å²) in [6.07, 6.45) is 2.40. The second kappa shape index (κ2) is 7.85. The first-order valence-corrected chi connectivity index (χ1v) is 9.26. The summed E-state index contributed by atoms with van der Waals surface area (Å²) < 4.78 is 5.25. The first-order valence-electron chi connectivity index (χ1n) is 9.26. The highest BCUT2D eigenvalue weighted by molar-refractivity contribution is 5.76. The Morgan fingerprint density at radius 1 is 1.15 bits per heavy atom. The average Bonchev–Trinajstić information content (AvgIpc) is 3.12. The molecular weight excluding hydrogens is 330 g/mol. The molecular formula is C19H27N5O2. The van der Waals surface area contributed by atoms with Crippen LogP contribution in [-0.2, 0) is 4.79 Å². The van der Waals surface area contributed by atoms with Gasteiger partial charge in [0, 0.05) is 50.3 Å². The van der Waals surface area contributed by atoms with Gasteiger partial charge in [0.15, 0.2) is 0 Å². The Balaban J connectivity index is 1.60. The molecule has 0 atom stereocenters. The highest BCUT2D eigenvalue weighted by atomic mass is 16.5. The number of hydrogen-bond donors (Lipinski definition) is 0. The van der Waals surface area contributed by atoms with Crippen molar-refractivity contribution in [2.24, 2.45) is 5.92 Å². The van der Waals surface area contributed by atoms with Crippen LogP contribution in [0, 0.1) is 5.92 Å². The zero-order chi connectivity index (χ0) is 18.7. The van der Waals surface area contributed by atoms with Gasteiger partial charge < -0.3 is 14.3 Å². The molecule has 0 N–H and O–H groups in total. The van der Waals surface area contributed by atoms with Gasteiger partial charge in [-0.3, -0.25) is 4.79 Å². The van der Waals surface area contributed by atoms with Crippen LogP contribution in [0.2, 0.25) is 0 Å². The minimum Gasteiger partial charge on any atom is -0.353 e. The normalized spacial score (nSPS) is 15.2. The van der Waals surface area contributed by atoms with Crippen molar-refractivity contribution in [1.29, 1.82) is 0 Å². The molecule has 1 aliphatic heterocycles. The molecule has 0 radical (unpaired) electrons. The summed E-state index contributed by atoms with van der Waals surface area (Å²) in [7, 11) is 0. The Kier molecular flexibility index (Phi) is 5.54. The summed E-state index contributed by atoms with van der Waals surface area (Å²) in [5.41, 5.74) is 0.843. The van der Waals surface area contributed by atoms with E-state index in [4.69, 9.17) is 4.52 Å². The summed E-state index contributed by atoms with van der Waals surface area (Å²) >= 11 is 0. The van der Waals surface area contributed by atoms with E-state index >= 15 is 0 Å². The molecule has 26 heavy (non-hydrogen) atoms. The molecule has 0 saturated carbocycles. The molecule has 7 nitrogen and oxygen atoms in total. The summed E-state index contributed by atoms with van der Waals surface area (Å²) in [5, 5.41) is 4.02. The molecule has 0 aliphatic carbocycles. The van der Waals surface area contributed by atoms with Crippen LogP contribution in [0.4, 0.5) is 5.82 Å². The molecule has 140 valence electrons. The highest BCUT2D eigenvalue weighted by Crippen LogP contribution is 2.21. The smallest absolute Gasteiger partial charge is 0.229 e. The molecule has 0 aromatic carbocycles. The third-order valence-electron chi connectivity index (χ3n) is 4.48. The fourth-order valence-corrected chi connectivity index (χ4v) is 2.96. The standard InChI is InChI=1S/C19H27N5O2/c1-13(2)11-17(25)24-9-7-23(8-10-24)16-6-5-15(12-20-16)18-21-19(14(3)4)26-22-18/h5-6,12-14H,7-11H2,1-4H3. The van der Waals surface area contributed by atoms with Crippen LogP contribution in [-0.4, -0.2) is 52.1 Å². The summed E-state index contributed by atoms with van der Waals surface area (Å²) in [5.74, 6) is 2.97. The fraction of sp³-hybridized carbons (Fsp3) is 0.579. The molecule has 0 spiro atoms. The van der Waals surface area contributed by atoms with E-state index in [9.17, 15) is 4.79 Å². The Morgan fingerprint density at radius 2 is 1.88 bits per heavy atom. The van der Waals surface area contributed by atoms with Crippen molar-refractivity contribution >= 4 is 11.7 Å². The molecule has 1 amide bonds. The van der Waals surface area contributed by atoms with Crippen LogP contribution in [0.15, 0.2) is 22.9 Å². The number of carbonyl (C=O) groups is 1. The van der Waals surface area contributed by atoms with Crippen molar-refractivity contribution in [2.75, 3.05) is 31.1 Å². The Bertz CT molecular complexity index is 731. The van der Waals surface area contributed by atoms with E-state index in [0.29, 0.717) is 24.1 Å². The van der Waals surface area contributed by atoms with Crippen LogP contribution >= 0.6 is 0 Å². The molecule has 7 heteroatoms. The fourth-order valence-electron chi connectivity index (χ4n) is 2.96. The van der Waals surface area contributed by atoms with E-state index in [1.54, 1.807) is 6.20 Å². The number of rotatable bonds is 5. The molecule has 2 aromatic rings. The van der Waals surface area contributed by atoms with Crippen LogP contribution < -0.4 is 4.90 Å². The van der Waals surface area contributed by atoms with Crippen molar-refractivity contribution < 1.29 is 9.32 Å². The van der Waals surface area contributed by atoms with Crippen molar-refractivity contribution in [3.8, 4) is 11.4 Å². The quantitative estimate of drug-likeness (QED) is 0.819. The summed E-state index contributed by atoms with van der Waals surface area (Å²) in [6.45, 7) is 11.3. The van der Waals surface area contributed by atoms with E-state index in [2.05, 4.69) is 33.9 Å². The van der Waals surface area contributed by atoms with Gasteiger partial charge in [0.2, 0.25) is 17.6 Å². The molecule has 1 aliphatic rings. The number of amides is 1. The van der Waals surface area contributed by atoms with Gasteiger partial charge in [-0.2, -0.15) is 4.98 Å².